The zero-order valence-corrected chi connectivity index (χ0v) is 16.7. The summed E-state index contributed by atoms with van der Waals surface area (Å²) in [5, 5.41) is 13.0. The van der Waals surface area contributed by atoms with Crippen LogP contribution >= 0.6 is 11.8 Å². The van der Waals surface area contributed by atoms with E-state index in [0.717, 1.165) is 5.56 Å². The molecule has 7 nitrogen and oxygen atoms in total. The van der Waals surface area contributed by atoms with E-state index in [1.54, 1.807) is 19.1 Å². The highest BCUT2D eigenvalue weighted by atomic mass is 32.2. The lowest BCUT2D eigenvalue weighted by atomic mass is 10.2. The van der Waals surface area contributed by atoms with Crippen molar-refractivity contribution in [2.24, 2.45) is 0 Å². The number of nitrogens with zero attached hydrogens (tertiary/aromatic N) is 3. The lowest BCUT2D eigenvalue weighted by Crippen LogP contribution is -2.41. The van der Waals surface area contributed by atoms with Crippen molar-refractivity contribution >= 4 is 23.7 Å². The number of imide groups is 1. The normalized spacial score (nSPS) is 11.7. The van der Waals surface area contributed by atoms with Gasteiger partial charge in [-0.1, -0.05) is 42.1 Å². The molecule has 0 radical (unpaired) electrons. The van der Waals surface area contributed by atoms with Crippen molar-refractivity contribution in [2.75, 3.05) is 7.05 Å². The van der Waals surface area contributed by atoms with Crippen molar-refractivity contribution in [3.8, 4) is 11.4 Å². The summed E-state index contributed by atoms with van der Waals surface area (Å²) in [6, 6.07) is 15.2. The third-order valence-electron chi connectivity index (χ3n) is 4.12. The van der Waals surface area contributed by atoms with Crippen LogP contribution in [0.5, 0.6) is 0 Å². The lowest BCUT2D eigenvalue weighted by Gasteiger charge is -2.13. The average Bonchev–Trinajstić information content (AvgIpc) is 3.11. The third-order valence-corrected chi connectivity index (χ3v) is 5.20. The van der Waals surface area contributed by atoms with Crippen LogP contribution in [-0.4, -0.2) is 39.0 Å². The molecule has 29 heavy (non-hydrogen) atoms. The van der Waals surface area contributed by atoms with Crippen molar-refractivity contribution < 1.29 is 14.0 Å². The topological polar surface area (TPSA) is 88.9 Å². The Kier molecular flexibility index (Phi) is 6.61. The molecule has 3 amide bonds. The van der Waals surface area contributed by atoms with Crippen LogP contribution in [0, 0.1) is 5.82 Å². The van der Waals surface area contributed by atoms with Gasteiger partial charge >= 0.3 is 6.03 Å². The maximum atomic E-state index is 13.3. The molecule has 0 saturated carbocycles. The van der Waals surface area contributed by atoms with Crippen LogP contribution in [-0.2, 0) is 11.3 Å². The van der Waals surface area contributed by atoms with E-state index in [4.69, 9.17) is 0 Å². The lowest BCUT2D eigenvalue weighted by molar-refractivity contribution is -0.119. The maximum Gasteiger partial charge on any atom is 0.321 e. The van der Waals surface area contributed by atoms with Gasteiger partial charge in [0.15, 0.2) is 11.0 Å². The highest BCUT2D eigenvalue weighted by molar-refractivity contribution is 8.00. The average molecular weight is 413 g/mol. The van der Waals surface area contributed by atoms with E-state index in [0.29, 0.717) is 23.1 Å². The van der Waals surface area contributed by atoms with Gasteiger partial charge in [-0.05, 0) is 36.8 Å². The molecule has 1 atom stereocenters. The molecule has 150 valence electrons. The van der Waals surface area contributed by atoms with E-state index < -0.39 is 17.2 Å². The molecule has 2 aromatic carbocycles. The van der Waals surface area contributed by atoms with Gasteiger partial charge in [-0.15, -0.1) is 10.2 Å². The molecule has 0 spiro atoms. The number of hydrogen-bond acceptors (Lipinski definition) is 5. The first-order valence-corrected chi connectivity index (χ1v) is 9.78. The van der Waals surface area contributed by atoms with E-state index >= 15 is 0 Å². The molecule has 0 aliphatic carbocycles. The minimum absolute atomic E-state index is 0.336. The molecule has 0 saturated heterocycles. The fourth-order valence-corrected chi connectivity index (χ4v) is 3.43. The number of aromatic nitrogens is 3. The van der Waals surface area contributed by atoms with Gasteiger partial charge < -0.3 is 5.32 Å². The summed E-state index contributed by atoms with van der Waals surface area (Å²) < 4.78 is 15.2. The number of hydrogen-bond donors (Lipinski definition) is 2. The fraction of sp³-hybridized carbons (Fsp3) is 0.200. The fourth-order valence-electron chi connectivity index (χ4n) is 2.58. The largest absolute Gasteiger partial charge is 0.341 e. The summed E-state index contributed by atoms with van der Waals surface area (Å²) >= 11 is 1.19. The summed E-state index contributed by atoms with van der Waals surface area (Å²) in [6.45, 7) is 2.16. The Morgan fingerprint density at radius 2 is 1.79 bits per heavy atom. The number of urea groups is 1. The van der Waals surface area contributed by atoms with Gasteiger partial charge in [0, 0.05) is 12.6 Å². The SMILES string of the molecule is CNC(=O)NC(=O)[C@@H](C)Sc1nnc(-c2ccc(F)cc2)n1Cc1ccccc1. The molecule has 0 fully saturated rings. The summed E-state index contributed by atoms with van der Waals surface area (Å²) in [5.41, 5.74) is 1.74. The van der Waals surface area contributed by atoms with Crippen LogP contribution in [0.1, 0.15) is 12.5 Å². The minimum Gasteiger partial charge on any atom is -0.341 e. The zero-order chi connectivity index (χ0) is 20.8. The number of amides is 3. The van der Waals surface area contributed by atoms with Gasteiger partial charge in [-0.2, -0.15) is 0 Å². The molecule has 9 heteroatoms. The smallest absolute Gasteiger partial charge is 0.321 e. The van der Waals surface area contributed by atoms with Crippen LogP contribution < -0.4 is 10.6 Å². The first kappa shape index (κ1) is 20.5. The van der Waals surface area contributed by atoms with Crippen molar-refractivity contribution in [3.63, 3.8) is 0 Å². The summed E-state index contributed by atoms with van der Waals surface area (Å²) in [7, 11) is 1.44. The molecule has 0 bridgehead atoms. The van der Waals surface area contributed by atoms with E-state index in [2.05, 4.69) is 20.8 Å². The van der Waals surface area contributed by atoms with Crippen molar-refractivity contribution in [1.82, 2.24) is 25.4 Å². The first-order valence-electron chi connectivity index (χ1n) is 8.90. The maximum absolute atomic E-state index is 13.3. The minimum atomic E-state index is -0.577. The molecule has 3 aromatic rings. The molecular weight excluding hydrogens is 393 g/mol. The zero-order valence-electron chi connectivity index (χ0n) is 15.9. The number of nitrogens with one attached hydrogen (secondary N) is 2. The Morgan fingerprint density at radius 1 is 1.10 bits per heavy atom. The van der Waals surface area contributed by atoms with Gasteiger partial charge in [0.2, 0.25) is 5.91 Å². The van der Waals surface area contributed by atoms with E-state index in [9.17, 15) is 14.0 Å². The highest BCUT2D eigenvalue weighted by Crippen LogP contribution is 2.28. The quantitative estimate of drug-likeness (QED) is 0.607. The van der Waals surface area contributed by atoms with E-state index in [1.807, 2.05) is 34.9 Å². The van der Waals surface area contributed by atoms with Crippen LogP contribution in [0.25, 0.3) is 11.4 Å². The van der Waals surface area contributed by atoms with Crippen molar-refractivity contribution in [2.45, 2.75) is 23.9 Å². The molecule has 0 aliphatic heterocycles. The van der Waals surface area contributed by atoms with Gasteiger partial charge in [-0.25, -0.2) is 9.18 Å². The number of carbonyl (C=O) groups is 2. The second-order valence-electron chi connectivity index (χ2n) is 6.21. The summed E-state index contributed by atoms with van der Waals surface area (Å²) in [5.74, 6) is -0.209. The van der Waals surface area contributed by atoms with E-state index in [-0.39, 0.29) is 5.82 Å². The van der Waals surface area contributed by atoms with Crippen molar-refractivity contribution in [1.29, 1.82) is 0 Å². The standard InChI is InChI=1S/C20H20FN5O2S/c1-13(18(27)23-19(28)22-2)29-20-25-24-17(15-8-10-16(21)11-9-15)26(20)12-14-6-4-3-5-7-14/h3-11,13H,12H2,1-2H3,(H2,22,23,27,28)/t13-/m1/s1. The van der Waals surface area contributed by atoms with Crippen LogP contribution in [0.4, 0.5) is 9.18 Å². The Balaban J connectivity index is 1.91. The summed E-state index contributed by atoms with van der Waals surface area (Å²) in [4.78, 5) is 23.6. The molecular formula is C20H20FN5O2S. The van der Waals surface area contributed by atoms with Gasteiger partial charge in [0.05, 0.1) is 11.8 Å². The van der Waals surface area contributed by atoms with Crippen LogP contribution in [0.3, 0.4) is 0 Å². The van der Waals surface area contributed by atoms with Crippen molar-refractivity contribution in [3.05, 3.63) is 66.0 Å². The number of carbonyl (C=O) groups excluding carboxylic acids is 2. The molecule has 0 unspecified atom stereocenters. The molecule has 1 aromatic heterocycles. The Bertz CT molecular complexity index is 992. The second-order valence-corrected chi connectivity index (χ2v) is 7.52. The van der Waals surface area contributed by atoms with E-state index in [1.165, 1.54) is 30.9 Å². The second kappa shape index (κ2) is 9.33. The van der Waals surface area contributed by atoms with Gasteiger partial charge in [0.1, 0.15) is 5.82 Å². The number of thioether (sulfide) groups is 1. The predicted octanol–water partition coefficient (Wildman–Crippen LogP) is 3.07. The molecule has 0 aliphatic rings. The van der Waals surface area contributed by atoms with Crippen LogP contribution in [0.15, 0.2) is 59.8 Å². The highest BCUT2D eigenvalue weighted by Gasteiger charge is 2.22. The Labute approximate surface area is 171 Å². The number of halogens is 1. The number of benzene rings is 2. The first-order chi connectivity index (χ1) is 14.0. The monoisotopic (exact) mass is 413 g/mol. The van der Waals surface area contributed by atoms with Gasteiger partial charge in [0.25, 0.3) is 0 Å². The molecule has 2 N–H and O–H groups in total. The summed E-state index contributed by atoms with van der Waals surface area (Å²) in [6.07, 6.45) is 0. The van der Waals surface area contributed by atoms with Gasteiger partial charge in [-0.3, -0.25) is 14.7 Å². The van der Waals surface area contributed by atoms with Crippen LogP contribution in [0.2, 0.25) is 0 Å². The predicted molar refractivity (Wildman–Crippen MR) is 109 cm³/mol. The third kappa shape index (κ3) is 5.20. The molecule has 3 rings (SSSR count). The molecule has 1 heterocycles. The number of rotatable bonds is 6. The Morgan fingerprint density at radius 3 is 2.45 bits per heavy atom. The Hall–Kier alpha value is -3.20.